The van der Waals surface area contributed by atoms with Crippen molar-refractivity contribution in [2.24, 2.45) is 5.92 Å². The van der Waals surface area contributed by atoms with Crippen molar-refractivity contribution in [3.05, 3.63) is 18.5 Å². The van der Waals surface area contributed by atoms with Crippen LogP contribution in [0.25, 0.3) is 0 Å². The fraction of sp³-hybridized carbons (Fsp3) is 0.571. The molecule has 1 aromatic rings. The third-order valence-electron chi connectivity index (χ3n) is 2.98. The highest BCUT2D eigenvalue weighted by Gasteiger charge is 2.15. The normalized spacial score (nSPS) is 11.9. The number of pyridine rings is 1. The van der Waals surface area contributed by atoms with Gasteiger partial charge in [0.15, 0.2) is 0 Å². The minimum Gasteiger partial charge on any atom is -0.506 e. The first-order valence-corrected chi connectivity index (χ1v) is 6.64. The van der Waals surface area contributed by atoms with Gasteiger partial charge in [-0.05, 0) is 20.3 Å². The number of rotatable bonds is 7. The lowest BCUT2D eigenvalue weighted by atomic mass is 10.1. The SMILES string of the molecule is CCOC(=O)C(C)CCN(CC)c1cncc(O)c1. The van der Waals surface area contributed by atoms with Crippen LogP contribution in [0.1, 0.15) is 27.2 Å². The molecule has 1 unspecified atom stereocenters. The average molecular weight is 266 g/mol. The van der Waals surface area contributed by atoms with E-state index in [1.807, 2.05) is 13.8 Å². The van der Waals surface area contributed by atoms with Crippen LogP contribution in [0.3, 0.4) is 0 Å². The third-order valence-corrected chi connectivity index (χ3v) is 2.98. The lowest BCUT2D eigenvalue weighted by Crippen LogP contribution is -2.27. The average Bonchev–Trinajstić information content (AvgIpc) is 2.39. The van der Waals surface area contributed by atoms with Gasteiger partial charge in [0.05, 0.1) is 30.6 Å². The summed E-state index contributed by atoms with van der Waals surface area (Å²) in [6.07, 6.45) is 3.82. The van der Waals surface area contributed by atoms with E-state index in [4.69, 9.17) is 4.74 Å². The summed E-state index contributed by atoms with van der Waals surface area (Å²) in [4.78, 5) is 17.6. The summed E-state index contributed by atoms with van der Waals surface area (Å²) in [5.74, 6) is -0.138. The minimum atomic E-state index is -0.160. The van der Waals surface area contributed by atoms with Crippen molar-refractivity contribution in [2.75, 3.05) is 24.6 Å². The lowest BCUT2D eigenvalue weighted by molar-refractivity contribution is -0.147. The summed E-state index contributed by atoms with van der Waals surface area (Å²) >= 11 is 0. The van der Waals surface area contributed by atoms with Crippen molar-refractivity contribution >= 4 is 11.7 Å². The largest absolute Gasteiger partial charge is 0.506 e. The zero-order chi connectivity index (χ0) is 14.3. The molecule has 0 amide bonds. The zero-order valence-electron chi connectivity index (χ0n) is 11.8. The van der Waals surface area contributed by atoms with Crippen LogP contribution >= 0.6 is 0 Å². The molecule has 0 saturated heterocycles. The van der Waals surface area contributed by atoms with Gasteiger partial charge >= 0.3 is 5.97 Å². The summed E-state index contributed by atoms with van der Waals surface area (Å²) in [7, 11) is 0. The van der Waals surface area contributed by atoms with E-state index in [0.717, 1.165) is 18.8 Å². The second-order valence-electron chi connectivity index (χ2n) is 4.42. The standard InChI is InChI=1S/C14H22N2O3/c1-4-16(12-8-13(17)10-15-9-12)7-6-11(3)14(18)19-5-2/h8-11,17H,4-7H2,1-3H3. The first kappa shape index (κ1) is 15.3. The predicted molar refractivity (Wildman–Crippen MR) is 74.2 cm³/mol. The maximum Gasteiger partial charge on any atom is 0.308 e. The van der Waals surface area contributed by atoms with Crippen LogP contribution in [0.2, 0.25) is 0 Å². The van der Waals surface area contributed by atoms with Crippen molar-refractivity contribution < 1.29 is 14.6 Å². The Balaban J connectivity index is 2.56. The second-order valence-corrected chi connectivity index (χ2v) is 4.42. The Morgan fingerprint density at radius 2 is 2.21 bits per heavy atom. The van der Waals surface area contributed by atoms with E-state index >= 15 is 0 Å². The van der Waals surface area contributed by atoms with Gasteiger partial charge in [-0.3, -0.25) is 9.78 Å². The molecule has 1 aromatic heterocycles. The van der Waals surface area contributed by atoms with Gasteiger partial charge in [-0.15, -0.1) is 0 Å². The van der Waals surface area contributed by atoms with E-state index in [-0.39, 0.29) is 17.6 Å². The Hall–Kier alpha value is -1.78. The Morgan fingerprint density at radius 3 is 2.79 bits per heavy atom. The van der Waals surface area contributed by atoms with Crippen LogP contribution in [-0.2, 0) is 9.53 Å². The molecule has 0 bridgehead atoms. The van der Waals surface area contributed by atoms with Gasteiger partial charge in [-0.25, -0.2) is 0 Å². The quantitative estimate of drug-likeness (QED) is 0.767. The van der Waals surface area contributed by atoms with Crippen LogP contribution in [0.15, 0.2) is 18.5 Å². The highest BCUT2D eigenvalue weighted by Crippen LogP contribution is 2.19. The first-order chi connectivity index (χ1) is 9.08. The number of anilines is 1. The molecular formula is C14H22N2O3. The van der Waals surface area contributed by atoms with Gasteiger partial charge in [0.25, 0.3) is 0 Å². The summed E-state index contributed by atoms with van der Waals surface area (Å²) in [5, 5.41) is 9.43. The number of aromatic hydroxyl groups is 1. The molecule has 0 aliphatic rings. The number of hydrogen-bond donors (Lipinski definition) is 1. The fourth-order valence-corrected chi connectivity index (χ4v) is 1.81. The Kier molecular flexibility index (Phi) is 6.12. The summed E-state index contributed by atoms with van der Waals surface area (Å²) in [6.45, 7) is 7.63. The second kappa shape index (κ2) is 7.61. The zero-order valence-corrected chi connectivity index (χ0v) is 11.8. The molecule has 0 radical (unpaired) electrons. The van der Waals surface area contributed by atoms with E-state index in [1.54, 1.807) is 19.2 Å². The molecule has 0 aromatic carbocycles. The minimum absolute atomic E-state index is 0.126. The number of carbonyl (C=O) groups is 1. The van der Waals surface area contributed by atoms with Crippen molar-refractivity contribution in [1.29, 1.82) is 0 Å². The molecule has 1 N–H and O–H groups in total. The molecule has 1 heterocycles. The van der Waals surface area contributed by atoms with Crippen molar-refractivity contribution in [1.82, 2.24) is 4.98 Å². The third kappa shape index (κ3) is 4.77. The summed E-state index contributed by atoms with van der Waals surface area (Å²) in [6, 6.07) is 1.67. The smallest absolute Gasteiger partial charge is 0.308 e. The molecule has 0 spiro atoms. The van der Waals surface area contributed by atoms with Gasteiger partial charge in [0.2, 0.25) is 0 Å². The Bertz CT molecular complexity index is 409. The Morgan fingerprint density at radius 1 is 1.47 bits per heavy atom. The van der Waals surface area contributed by atoms with Crippen molar-refractivity contribution in [3.8, 4) is 5.75 Å². The van der Waals surface area contributed by atoms with E-state index in [9.17, 15) is 9.90 Å². The molecule has 0 fully saturated rings. The number of ether oxygens (including phenoxy) is 1. The molecular weight excluding hydrogens is 244 g/mol. The number of nitrogens with zero attached hydrogens (tertiary/aromatic N) is 2. The van der Waals surface area contributed by atoms with Crippen molar-refractivity contribution in [3.63, 3.8) is 0 Å². The van der Waals surface area contributed by atoms with Gasteiger partial charge in [-0.2, -0.15) is 0 Å². The molecule has 5 nitrogen and oxygen atoms in total. The van der Waals surface area contributed by atoms with E-state index in [0.29, 0.717) is 13.0 Å². The number of carbonyl (C=O) groups excluding carboxylic acids is 1. The molecule has 0 aliphatic carbocycles. The van der Waals surface area contributed by atoms with Crippen LogP contribution < -0.4 is 4.90 Å². The molecule has 5 heteroatoms. The van der Waals surface area contributed by atoms with Crippen LogP contribution in [0, 0.1) is 5.92 Å². The van der Waals surface area contributed by atoms with Gasteiger partial charge in [-0.1, -0.05) is 6.92 Å². The molecule has 106 valence electrons. The highest BCUT2D eigenvalue weighted by atomic mass is 16.5. The van der Waals surface area contributed by atoms with Gasteiger partial charge < -0.3 is 14.7 Å². The number of aromatic nitrogens is 1. The molecule has 0 saturated carbocycles. The number of esters is 1. The summed E-state index contributed by atoms with van der Waals surface area (Å²) in [5.41, 5.74) is 0.860. The molecule has 0 aliphatic heterocycles. The highest BCUT2D eigenvalue weighted by molar-refractivity contribution is 5.72. The summed E-state index contributed by atoms with van der Waals surface area (Å²) < 4.78 is 4.98. The van der Waals surface area contributed by atoms with Gasteiger partial charge in [0.1, 0.15) is 5.75 Å². The predicted octanol–water partition coefficient (Wildman–Crippen LogP) is 2.20. The fourth-order valence-electron chi connectivity index (χ4n) is 1.81. The van der Waals surface area contributed by atoms with Crippen LogP contribution in [0.5, 0.6) is 5.75 Å². The van der Waals surface area contributed by atoms with E-state index in [2.05, 4.69) is 9.88 Å². The first-order valence-electron chi connectivity index (χ1n) is 6.64. The number of hydrogen-bond acceptors (Lipinski definition) is 5. The topological polar surface area (TPSA) is 62.7 Å². The molecule has 1 rings (SSSR count). The lowest BCUT2D eigenvalue weighted by Gasteiger charge is -2.24. The molecule has 19 heavy (non-hydrogen) atoms. The maximum atomic E-state index is 11.5. The van der Waals surface area contributed by atoms with E-state index < -0.39 is 0 Å². The maximum absolute atomic E-state index is 11.5. The van der Waals surface area contributed by atoms with Crippen LogP contribution in [-0.4, -0.2) is 35.8 Å². The van der Waals surface area contributed by atoms with Gasteiger partial charge in [0, 0.05) is 19.2 Å². The molecule has 1 atom stereocenters. The Labute approximate surface area is 114 Å². The van der Waals surface area contributed by atoms with E-state index in [1.165, 1.54) is 6.20 Å². The van der Waals surface area contributed by atoms with Crippen LogP contribution in [0.4, 0.5) is 5.69 Å². The van der Waals surface area contributed by atoms with Crippen molar-refractivity contribution in [2.45, 2.75) is 27.2 Å². The monoisotopic (exact) mass is 266 g/mol.